The van der Waals surface area contributed by atoms with Crippen molar-refractivity contribution in [1.82, 2.24) is 9.88 Å². The number of hydrogen-bond acceptors (Lipinski definition) is 4. The number of carbonyl (C=O) groups is 1. The van der Waals surface area contributed by atoms with Crippen LogP contribution in [-0.2, 0) is 4.74 Å². The summed E-state index contributed by atoms with van der Waals surface area (Å²) in [5.41, 5.74) is 0.398. The van der Waals surface area contributed by atoms with Gasteiger partial charge in [-0.25, -0.2) is 4.98 Å². The van der Waals surface area contributed by atoms with E-state index < -0.39 is 0 Å². The molecule has 2 unspecified atom stereocenters. The lowest BCUT2D eigenvalue weighted by Crippen LogP contribution is -2.62. The fourth-order valence-electron chi connectivity index (χ4n) is 3.66. The minimum Gasteiger partial charge on any atom is -0.392 e. The highest BCUT2D eigenvalue weighted by Crippen LogP contribution is 2.51. The van der Waals surface area contributed by atoms with Crippen LogP contribution in [0.4, 0.5) is 0 Å². The molecule has 22 heavy (non-hydrogen) atoms. The number of amides is 1. The van der Waals surface area contributed by atoms with Crippen LogP contribution in [-0.4, -0.2) is 52.8 Å². The molecule has 1 aliphatic carbocycles. The van der Waals surface area contributed by atoms with Crippen molar-refractivity contribution in [1.29, 1.82) is 0 Å². The van der Waals surface area contributed by atoms with Gasteiger partial charge in [0.2, 0.25) is 0 Å². The number of carbonyl (C=O) groups excluding carboxylic acids is 1. The summed E-state index contributed by atoms with van der Waals surface area (Å²) in [5, 5.41) is 10.5. The molecule has 1 amide bonds. The van der Waals surface area contributed by atoms with Gasteiger partial charge in [0.25, 0.3) is 5.91 Å². The minimum absolute atomic E-state index is 0.0269. The Hall–Kier alpha value is -1.17. The summed E-state index contributed by atoms with van der Waals surface area (Å²) in [7, 11) is 0. The van der Waals surface area contributed by atoms with E-state index in [0.29, 0.717) is 36.8 Å². The standard InChI is InChI=1S/C16H21ClN2O3/c1-2-22-13-10-12(20)16(13)4-7-19(8-5-16)15(21)11-3-6-18-14(17)9-11/h3,6,9,12-13,20H,2,4-5,7-8,10H2,1H3. The Morgan fingerprint density at radius 1 is 1.55 bits per heavy atom. The Balaban J connectivity index is 1.65. The number of pyridine rings is 1. The van der Waals surface area contributed by atoms with Crippen molar-refractivity contribution in [3.05, 3.63) is 29.0 Å². The van der Waals surface area contributed by atoms with E-state index in [1.165, 1.54) is 0 Å². The maximum Gasteiger partial charge on any atom is 0.254 e. The van der Waals surface area contributed by atoms with Gasteiger partial charge in [-0.2, -0.15) is 0 Å². The molecule has 1 saturated carbocycles. The predicted octanol–water partition coefficient (Wildman–Crippen LogP) is 2.13. The third-order valence-electron chi connectivity index (χ3n) is 5.07. The molecule has 0 aromatic carbocycles. The smallest absolute Gasteiger partial charge is 0.254 e. The number of rotatable bonds is 3. The Labute approximate surface area is 135 Å². The summed E-state index contributed by atoms with van der Waals surface area (Å²) >= 11 is 5.85. The lowest BCUT2D eigenvalue weighted by molar-refractivity contribution is -0.207. The van der Waals surface area contributed by atoms with E-state index in [1.54, 1.807) is 18.3 Å². The molecule has 6 heteroatoms. The molecule has 1 aromatic rings. The Kier molecular flexibility index (Phi) is 4.39. The second-order valence-electron chi connectivity index (χ2n) is 6.09. The minimum atomic E-state index is -0.309. The summed E-state index contributed by atoms with van der Waals surface area (Å²) < 4.78 is 5.75. The first-order chi connectivity index (χ1) is 10.6. The molecule has 5 nitrogen and oxygen atoms in total. The van der Waals surface area contributed by atoms with Crippen LogP contribution in [0.3, 0.4) is 0 Å². The van der Waals surface area contributed by atoms with Gasteiger partial charge in [0.15, 0.2) is 0 Å². The predicted molar refractivity (Wildman–Crippen MR) is 82.9 cm³/mol. The van der Waals surface area contributed by atoms with Crippen LogP contribution in [0.2, 0.25) is 5.15 Å². The number of aliphatic hydroxyl groups is 1. The summed E-state index contributed by atoms with van der Waals surface area (Å²) in [5.74, 6) is -0.0269. The highest BCUT2D eigenvalue weighted by molar-refractivity contribution is 6.29. The third-order valence-corrected chi connectivity index (χ3v) is 5.27. The van der Waals surface area contributed by atoms with E-state index in [9.17, 15) is 9.90 Å². The van der Waals surface area contributed by atoms with Crippen LogP contribution >= 0.6 is 11.6 Å². The number of halogens is 1. The zero-order chi connectivity index (χ0) is 15.7. The monoisotopic (exact) mass is 324 g/mol. The van der Waals surface area contributed by atoms with Crippen molar-refractivity contribution in [3.8, 4) is 0 Å². The number of nitrogens with zero attached hydrogens (tertiary/aromatic N) is 2. The molecule has 3 rings (SSSR count). The van der Waals surface area contributed by atoms with Gasteiger partial charge < -0.3 is 14.7 Å². The molecule has 1 N–H and O–H groups in total. The Morgan fingerprint density at radius 3 is 2.86 bits per heavy atom. The van der Waals surface area contributed by atoms with Crippen LogP contribution in [0, 0.1) is 5.41 Å². The molecule has 1 aromatic heterocycles. The first-order valence-electron chi connectivity index (χ1n) is 7.77. The quantitative estimate of drug-likeness (QED) is 0.865. The van der Waals surface area contributed by atoms with Crippen LogP contribution in [0.15, 0.2) is 18.3 Å². The van der Waals surface area contributed by atoms with Crippen molar-refractivity contribution in [3.63, 3.8) is 0 Å². The largest absolute Gasteiger partial charge is 0.392 e. The zero-order valence-corrected chi connectivity index (χ0v) is 13.4. The molecule has 2 heterocycles. The fraction of sp³-hybridized carbons (Fsp3) is 0.625. The van der Waals surface area contributed by atoms with E-state index in [-0.39, 0.29) is 23.5 Å². The number of ether oxygens (including phenoxy) is 1. The average Bonchev–Trinajstić information content (AvgIpc) is 2.54. The first kappa shape index (κ1) is 15.7. The van der Waals surface area contributed by atoms with Gasteiger partial charge in [0.05, 0.1) is 12.2 Å². The van der Waals surface area contributed by atoms with E-state index in [0.717, 1.165) is 12.8 Å². The number of hydrogen-bond donors (Lipinski definition) is 1. The first-order valence-corrected chi connectivity index (χ1v) is 8.15. The number of aromatic nitrogens is 1. The van der Waals surface area contributed by atoms with Crippen molar-refractivity contribution in [2.45, 2.75) is 38.4 Å². The molecule has 1 spiro atoms. The highest BCUT2D eigenvalue weighted by atomic mass is 35.5. The van der Waals surface area contributed by atoms with Gasteiger partial charge in [-0.1, -0.05) is 11.6 Å². The Morgan fingerprint density at radius 2 is 2.27 bits per heavy atom. The van der Waals surface area contributed by atoms with Gasteiger partial charge in [0.1, 0.15) is 5.15 Å². The van der Waals surface area contributed by atoms with Crippen molar-refractivity contribution in [2.75, 3.05) is 19.7 Å². The fourth-order valence-corrected chi connectivity index (χ4v) is 3.83. The Bertz CT molecular complexity index is 556. The highest BCUT2D eigenvalue weighted by Gasteiger charge is 2.56. The maximum atomic E-state index is 12.5. The zero-order valence-electron chi connectivity index (χ0n) is 12.7. The molecule has 1 saturated heterocycles. The molecule has 120 valence electrons. The van der Waals surface area contributed by atoms with Crippen LogP contribution in [0.5, 0.6) is 0 Å². The van der Waals surface area contributed by atoms with Gasteiger partial charge in [-0.15, -0.1) is 0 Å². The van der Waals surface area contributed by atoms with Crippen molar-refractivity contribution in [2.24, 2.45) is 5.41 Å². The van der Waals surface area contributed by atoms with E-state index in [1.807, 2.05) is 11.8 Å². The molecule has 0 radical (unpaired) electrons. The van der Waals surface area contributed by atoms with Gasteiger partial charge in [-0.3, -0.25) is 4.79 Å². The number of aliphatic hydroxyl groups excluding tert-OH is 1. The molecular formula is C16H21ClN2O3. The second-order valence-corrected chi connectivity index (χ2v) is 6.48. The molecule has 2 fully saturated rings. The molecule has 1 aliphatic heterocycles. The topological polar surface area (TPSA) is 62.7 Å². The normalized spacial score (nSPS) is 26.8. The summed E-state index contributed by atoms with van der Waals surface area (Å²) in [6, 6.07) is 3.27. The van der Waals surface area contributed by atoms with Gasteiger partial charge in [0, 0.05) is 43.3 Å². The maximum absolute atomic E-state index is 12.5. The van der Waals surface area contributed by atoms with Crippen molar-refractivity contribution >= 4 is 17.5 Å². The van der Waals surface area contributed by atoms with E-state index in [2.05, 4.69) is 4.98 Å². The summed E-state index contributed by atoms with van der Waals surface area (Å²) in [6.07, 6.45) is 3.63. The van der Waals surface area contributed by atoms with E-state index >= 15 is 0 Å². The number of piperidine rings is 1. The van der Waals surface area contributed by atoms with Gasteiger partial charge in [-0.05, 0) is 31.9 Å². The SMILES string of the molecule is CCOC1CC(O)C12CCN(C(=O)c1ccnc(Cl)c1)CC2. The van der Waals surface area contributed by atoms with Crippen LogP contribution in [0.25, 0.3) is 0 Å². The molecule has 0 bridgehead atoms. The van der Waals surface area contributed by atoms with Crippen LogP contribution < -0.4 is 0 Å². The second kappa shape index (κ2) is 6.14. The lowest BCUT2D eigenvalue weighted by atomic mass is 9.58. The summed E-state index contributed by atoms with van der Waals surface area (Å²) in [6.45, 7) is 3.92. The molecular weight excluding hydrogens is 304 g/mol. The van der Waals surface area contributed by atoms with E-state index in [4.69, 9.17) is 16.3 Å². The third kappa shape index (κ3) is 2.62. The molecule has 2 aliphatic rings. The lowest BCUT2D eigenvalue weighted by Gasteiger charge is -2.56. The van der Waals surface area contributed by atoms with Crippen molar-refractivity contribution < 1.29 is 14.6 Å². The van der Waals surface area contributed by atoms with Gasteiger partial charge >= 0.3 is 0 Å². The van der Waals surface area contributed by atoms with Crippen LogP contribution in [0.1, 0.15) is 36.5 Å². The summed E-state index contributed by atoms with van der Waals surface area (Å²) in [4.78, 5) is 18.2. The molecule has 2 atom stereocenters. The average molecular weight is 325 g/mol. The number of likely N-dealkylation sites (tertiary alicyclic amines) is 1.